The van der Waals surface area contributed by atoms with Crippen molar-refractivity contribution in [3.8, 4) is 5.75 Å². The predicted molar refractivity (Wildman–Crippen MR) is 109 cm³/mol. The van der Waals surface area contributed by atoms with Crippen molar-refractivity contribution in [3.05, 3.63) is 40.8 Å². The SMILES string of the molecule is Cc1c(C(N)=O)sc2ncnc(Nc3ccc(F)cc3O[C@H]3CCC[C@H](O)C3)c12. The summed E-state index contributed by atoms with van der Waals surface area (Å²) in [6, 6.07) is 4.23. The molecule has 1 saturated carbocycles. The second-order valence-corrected chi connectivity index (χ2v) is 8.15. The van der Waals surface area contributed by atoms with Crippen LogP contribution in [-0.4, -0.2) is 33.2 Å². The molecular formula is C20H21FN4O3S. The number of anilines is 2. The Balaban J connectivity index is 1.69. The first-order chi connectivity index (χ1) is 13.9. The van der Waals surface area contributed by atoms with Gasteiger partial charge in [-0.3, -0.25) is 4.79 Å². The summed E-state index contributed by atoms with van der Waals surface area (Å²) in [4.78, 5) is 21.3. The van der Waals surface area contributed by atoms with Crippen LogP contribution < -0.4 is 15.8 Å². The fourth-order valence-electron chi connectivity index (χ4n) is 3.63. The normalized spacial score (nSPS) is 19.3. The second kappa shape index (κ2) is 7.92. The van der Waals surface area contributed by atoms with Gasteiger partial charge >= 0.3 is 0 Å². The molecule has 0 bridgehead atoms. The number of primary amides is 1. The number of ether oxygens (including phenoxy) is 1. The topological polar surface area (TPSA) is 110 Å². The number of nitrogens with one attached hydrogen (secondary N) is 1. The Hall–Kier alpha value is -2.78. The molecule has 152 valence electrons. The molecule has 4 N–H and O–H groups in total. The minimum atomic E-state index is -0.516. The van der Waals surface area contributed by atoms with E-state index in [0.717, 1.165) is 19.3 Å². The molecule has 0 radical (unpaired) electrons. The molecule has 3 aromatic rings. The Morgan fingerprint density at radius 2 is 2.21 bits per heavy atom. The van der Waals surface area contributed by atoms with Crippen LogP contribution in [0, 0.1) is 12.7 Å². The maximum Gasteiger partial charge on any atom is 0.259 e. The van der Waals surface area contributed by atoms with Crippen LogP contribution in [-0.2, 0) is 0 Å². The summed E-state index contributed by atoms with van der Waals surface area (Å²) in [6.45, 7) is 1.79. The lowest BCUT2D eigenvalue weighted by Gasteiger charge is -2.27. The van der Waals surface area contributed by atoms with E-state index in [4.69, 9.17) is 10.5 Å². The number of aryl methyl sites for hydroxylation is 1. The number of aliphatic hydroxyl groups excluding tert-OH is 1. The molecule has 1 aliphatic rings. The number of hydrogen-bond acceptors (Lipinski definition) is 7. The predicted octanol–water partition coefficient (Wildman–Crippen LogP) is 3.66. The highest BCUT2D eigenvalue weighted by molar-refractivity contribution is 7.20. The van der Waals surface area contributed by atoms with Crippen molar-refractivity contribution in [1.82, 2.24) is 9.97 Å². The summed E-state index contributed by atoms with van der Waals surface area (Å²) in [5.41, 5.74) is 6.69. The van der Waals surface area contributed by atoms with Gasteiger partial charge in [-0.1, -0.05) is 0 Å². The van der Waals surface area contributed by atoms with Gasteiger partial charge in [0.15, 0.2) is 0 Å². The van der Waals surface area contributed by atoms with Gasteiger partial charge in [0.2, 0.25) is 0 Å². The highest BCUT2D eigenvalue weighted by atomic mass is 32.1. The molecule has 2 aromatic heterocycles. The van der Waals surface area contributed by atoms with E-state index < -0.39 is 17.8 Å². The number of fused-ring (bicyclic) bond motifs is 1. The number of carbonyl (C=O) groups is 1. The monoisotopic (exact) mass is 416 g/mol. The minimum absolute atomic E-state index is 0.184. The number of hydrogen-bond donors (Lipinski definition) is 3. The van der Waals surface area contributed by atoms with Crippen molar-refractivity contribution in [1.29, 1.82) is 0 Å². The van der Waals surface area contributed by atoms with Gasteiger partial charge in [0.05, 0.1) is 22.1 Å². The van der Waals surface area contributed by atoms with E-state index in [2.05, 4.69) is 15.3 Å². The zero-order chi connectivity index (χ0) is 20.5. The van der Waals surface area contributed by atoms with Crippen molar-refractivity contribution in [2.45, 2.75) is 44.8 Å². The number of thiophene rings is 1. The third-order valence-electron chi connectivity index (χ3n) is 5.04. The molecule has 1 aliphatic carbocycles. The fourth-order valence-corrected chi connectivity index (χ4v) is 4.63. The Kier molecular flexibility index (Phi) is 5.33. The molecule has 1 aromatic carbocycles. The standard InChI is InChI=1S/C20H21FN4O3S/c1-10-16-19(23-9-24-20(16)29-17(10)18(22)27)25-14-6-5-11(21)7-15(14)28-13-4-2-3-12(26)8-13/h5-7,9,12-13,26H,2-4,8H2,1H3,(H2,22,27)(H,23,24,25)/t12-,13-/m0/s1. The van der Waals surface area contributed by atoms with Gasteiger partial charge in [-0.05, 0) is 43.9 Å². The van der Waals surface area contributed by atoms with Gasteiger partial charge < -0.3 is 20.9 Å². The van der Waals surface area contributed by atoms with Crippen LogP contribution in [0.2, 0.25) is 0 Å². The van der Waals surface area contributed by atoms with E-state index in [0.29, 0.717) is 44.3 Å². The number of aromatic nitrogens is 2. The number of benzene rings is 1. The Morgan fingerprint density at radius 3 is 2.97 bits per heavy atom. The van der Waals surface area contributed by atoms with E-state index in [1.54, 1.807) is 13.0 Å². The van der Waals surface area contributed by atoms with Crippen molar-refractivity contribution >= 4 is 39.0 Å². The summed E-state index contributed by atoms with van der Waals surface area (Å²) >= 11 is 1.21. The summed E-state index contributed by atoms with van der Waals surface area (Å²) in [5.74, 6) is -0.106. The van der Waals surface area contributed by atoms with Crippen molar-refractivity contribution in [2.75, 3.05) is 5.32 Å². The average Bonchev–Trinajstić information content (AvgIpc) is 3.02. The summed E-state index contributed by atoms with van der Waals surface area (Å²) < 4.78 is 19.9. The third kappa shape index (κ3) is 4.01. The third-order valence-corrected chi connectivity index (χ3v) is 6.25. The lowest BCUT2D eigenvalue weighted by atomic mass is 9.95. The molecule has 29 heavy (non-hydrogen) atoms. The largest absolute Gasteiger partial charge is 0.488 e. The molecule has 0 unspecified atom stereocenters. The van der Waals surface area contributed by atoms with Crippen molar-refractivity contribution < 1.29 is 19.0 Å². The summed E-state index contributed by atoms with van der Waals surface area (Å²) in [6.07, 6.45) is 3.74. The molecular weight excluding hydrogens is 395 g/mol. The molecule has 7 nitrogen and oxygen atoms in total. The first-order valence-corrected chi connectivity index (χ1v) is 10.2. The first kappa shape index (κ1) is 19.5. The number of amides is 1. The van der Waals surface area contributed by atoms with Crippen LogP contribution in [0.1, 0.15) is 40.9 Å². The number of nitrogens with zero attached hydrogens (tertiary/aromatic N) is 2. The molecule has 0 spiro atoms. The van der Waals surface area contributed by atoms with Crippen LogP contribution in [0.5, 0.6) is 5.75 Å². The highest BCUT2D eigenvalue weighted by Crippen LogP contribution is 2.37. The number of aliphatic hydroxyl groups is 1. The number of halogens is 1. The summed E-state index contributed by atoms with van der Waals surface area (Å²) in [7, 11) is 0. The van der Waals surface area contributed by atoms with Gasteiger partial charge in [0.25, 0.3) is 5.91 Å². The van der Waals surface area contributed by atoms with Gasteiger partial charge in [-0.2, -0.15) is 0 Å². The van der Waals surface area contributed by atoms with Gasteiger partial charge in [0.1, 0.15) is 34.6 Å². The number of carbonyl (C=O) groups excluding carboxylic acids is 1. The average molecular weight is 416 g/mol. The molecule has 4 rings (SSSR count). The van der Waals surface area contributed by atoms with Gasteiger partial charge in [-0.15, -0.1) is 11.3 Å². The van der Waals surface area contributed by atoms with Crippen LogP contribution in [0.4, 0.5) is 15.9 Å². The molecule has 0 saturated heterocycles. The molecule has 1 fully saturated rings. The smallest absolute Gasteiger partial charge is 0.259 e. The van der Waals surface area contributed by atoms with Crippen LogP contribution in [0.25, 0.3) is 10.2 Å². The van der Waals surface area contributed by atoms with Crippen LogP contribution in [0.15, 0.2) is 24.5 Å². The Morgan fingerprint density at radius 1 is 1.38 bits per heavy atom. The minimum Gasteiger partial charge on any atom is -0.488 e. The first-order valence-electron chi connectivity index (χ1n) is 9.37. The zero-order valence-electron chi connectivity index (χ0n) is 15.8. The molecule has 0 aliphatic heterocycles. The van der Waals surface area contributed by atoms with E-state index in [9.17, 15) is 14.3 Å². The lowest BCUT2D eigenvalue weighted by molar-refractivity contribution is 0.0538. The Bertz CT molecular complexity index is 1070. The maximum atomic E-state index is 13.9. The number of nitrogens with two attached hydrogens (primary N) is 1. The second-order valence-electron chi connectivity index (χ2n) is 7.15. The molecule has 2 heterocycles. The highest BCUT2D eigenvalue weighted by Gasteiger charge is 2.23. The van der Waals surface area contributed by atoms with Crippen LogP contribution >= 0.6 is 11.3 Å². The number of rotatable bonds is 5. The van der Waals surface area contributed by atoms with Gasteiger partial charge in [0, 0.05) is 12.5 Å². The lowest BCUT2D eigenvalue weighted by Crippen LogP contribution is -2.28. The molecule has 9 heteroatoms. The quantitative estimate of drug-likeness (QED) is 0.585. The van der Waals surface area contributed by atoms with E-state index in [1.807, 2.05) is 0 Å². The van der Waals surface area contributed by atoms with E-state index in [-0.39, 0.29) is 6.10 Å². The molecule has 1 amide bonds. The van der Waals surface area contributed by atoms with Crippen molar-refractivity contribution in [3.63, 3.8) is 0 Å². The fraction of sp³-hybridized carbons (Fsp3) is 0.350. The summed E-state index contributed by atoms with van der Waals surface area (Å²) in [5, 5.41) is 13.8. The van der Waals surface area contributed by atoms with E-state index in [1.165, 1.54) is 29.8 Å². The van der Waals surface area contributed by atoms with Crippen LogP contribution in [0.3, 0.4) is 0 Å². The Labute approximate surface area is 170 Å². The van der Waals surface area contributed by atoms with Gasteiger partial charge in [-0.25, -0.2) is 14.4 Å². The van der Waals surface area contributed by atoms with E-state index >= 15 is 0 Å². The van der Waals surface area contributed by atoms with Crippen molar-refractivity contribution in [2.24, 2.45) is 5.73 Å². The molecule has 2 atom stereocenters. The maximum absolute atomic E-state index is 13.9. The zero-order valence-corrected chi connectivity index (χ0v) is 16.6.